The second-order valence-electron chi connectivity index (χ2n) is 8.42. The van der Waals surface area contributed by atoms with Crippen molar-refractivity contribution in [2.45, 2.75) is 18.8 Å². The number of ether oxygens (including phenoxy) is 1. The Kier molecular flexibility index (Phi) is 7.09. The summed E-state index contributed by atoms with van der Waals surface area (Å²) in [5, 5.41) is 10.1. The minimum atomic E-state index is -4.73. The quantitative estimate of drug-likeness (QED) is 0.0854. The molecule has 0 radical (unpaired) electrons. The lowest BCUT2D eigenvalue weighted by Gasteiger charge is -2.16. The number of nitrogens with zero attached hydrogens (tertiary/aromatic N) is 3. The molecule has 2 N–H and O–H groups in total. The first-order valence-electron chi connectivity index (χ1n) is 11.4. The van der Waals surface area contributed by atoms with Crippen LogP contribution in [0.5, 0.6) is 5.75 Å². The molecule has 4 aromatic carbocycles. The number of rotatable bonds is 7. The number of thiol groups is 1. The summed E-state index contributed by atoms with van der Waals surface area (Å²) < 4.78 is 43.1. The van der Waals surface area contributed by atoms with Gasteiger partial charge in [0.1, 0.15) is 12.1 Å². The molecular weight excluding hydrogens is 535 g/mol. The van der Waals surface area contributed by atoms with E-state index in [9.17, 15) is 13.2 Å². The number of anilines is 1. The van der Waals surface area contributed by atoms with Gasteiger partial charge in [0.15, 0.2) is 5.50 Å². The maximum Gasteiger partial charge on any atom is 0.573 e. The molecule has 38 heavy (non-hydrogen) atoms. The number of halogens is 4. The fourth-order valence-corrected chi connectivity index (χ4v) is 4.43. The summed E-state index contributed by atoms with van der Waals surface area (Å²) in [5.74, 6) is -0.278. The Morgan fingerprint density at radius 1 is 1.08 bits per heavy atom. The van der Waals surface area contributed by atoms with Crippen molar-refractivity contribution in [3.63, 3.8) is 0 Å². The molecule has 0 saturated heterocycles. The molecule has 6 nitrogen and oxygen atoms in total. The first-order valence-corrected chi connectivity index (χ1v) is 12.3. The van der Waals surface area contributed by atoms with Gasteiger partial charge in [-0.05, 0) is 72.0 Å². The highest BCUT2D eigenvalue weighted by molar-refractivity contribution is 7.81. The van der Waals surface area contributed by atoms with Gasteiger partial charge in [-0.3, -0.25) is 9.99 Å². The van der Waals surface area contributed by atoms with Crippen molar-refractivity contribution < 1.29 is 17.9 Å². The standard InChI is InChI=1S/C27H21ClF3N5OS/c1-16-22(28)3-2-4-23(16)34-26(38)35-33-14-17-5-11-21-18(13-17)6-12-24-25(21)32-15-36(24)19-7-9-20(10-8-19)37-27(29,30)31/h2-15,26,34-35,38H,1H3/b33-14+. The lowest BCUT2D eigenvalue weighted by atomic mass is 10.1. The monoisotopic (exact) mass is 555 g/mol. The number of hydrazone groups is 1. The fourth-order valence-electron chi connectivity index (χ4n) is 4.05. The van der Waals surface area contributed by atoms with E-state index in [1.54, 1.807) is 24.7 Å². The molecule has 1 unspecified atom stereocenters. The van der Waals surface area contributed by atoms with Gasteiger partial charge in [-0.1, -0.05) is 35.9 Å². The van der Waals surface area contributed by atoms with Crippen LogP contribution in [0, 0.1) is 6.92 Å². The van der Waals surface area contributed by atoms with Gasteiger partial charge < -0.3 is 10.1 Å². The first-order chi connectivity index (χ1) is 18.2. The second kappa shape index (κ2) is 10.5. The molecule has 194 valence electrons. The Bertz CT molecular complexity index is 1640. The van der Waals surface area contributed by atoms with Crippen molar-refractivity contribution in [1.29, 1.82) is 0 Å². The van der Waals surface area contributed by atoms with Crippen molar-refractivity contribution in [3.8, 4) is 11.4 Å². The zero-order valence-corrected chi connectivity index (χ0v) is 21.5. The van der Waals surface area contributed by atoms with Crippen LogP contribution in [0.1, 0.15) is 11.1 Å². The van der Waals surface area contributed by atoms with Gasteiger partial charge in [0, 0.05) is 21.8 Å². The number of hydrogen-bond acceptors (Lipinski definition) is 6. The number of imidazole rings is 1. The van der Waals surface area contributed by atoms with Crippen LogP contribution in [0.4, 0.5) is 18.9 Å². The number of alkyl halides is 3. The third-order valence-corrected chi connectivity index (χ3v) is 6.53. The topological polar surface area (TPSA) is 63.5 Å². The first kappa shape index (κ1) is 25.7. The summed E-state index contributed by atoms with van der Waals surface area (Å²) in [6.45, 7) is 1.92. The summed E-state index contributed by atoms with van der Waals surface area (Å²) in [7, 11) is 0. The summed E-state index contributed by atoms with van der Waals surface area (Å²) in [6, 6.07) is 21.0. The molecular formula is C27H21ClF3N5OS. The molecule has 1 aromatic heterocycles. The van der Waals surface area contributed by atoms with E-state index in [0.29, 0.717) is 10.7 Å². The third-order valence-electron chi connectivity index (χ3n) is 5.87. The number of benzene rings is 4. The van der Waals surface area contributed by atoms with E-state index in [1.165, 1.54) is 12.1 Å². The average Bonchev–Trinajstić information content (AvgIpc) is 3.31. The normalized spacial score (nSPS) is 12.8. The maximum atomic E-state index is 12.5. The summed E-state index contributed by atoms with van der Waals surface area (Å²) in [5.41, 5.74) is 7.43. The van der Waals surface area contributed by atoms with E-state index in [0.717, 1.165) is 38.6 Å². The predicted octanol–water partition coefficient (Wildman–Crippen LogP) is 7.29. The fraction of sp³-hybridized carbons (Fsp3) is 0.111. The molecule has 0 bridgehead atoms. The summed E-state index contributed by atoms with van der Waals surface area (Å²) in [4.78, 5) is 4.55. The number of hydrogen-bond donors (Lipinski definition) is 3. The molecule has 5 rings (SSSR count). The van der Waals surface area contributed by atoms with Crippen LogP contribution < -0.4 is 15.5 Å². The Morgan fingerprint density at radius 2 is 1.87 bits per heavy atom. The molecule has 0 fully saturated rings. The highest BCUT2D eigenvalue weighted by atomic mass is 35.5. The molecule has 0 aliphatic heterocycles. The molecule has 0 spiro atoms. The van der Waals surface area contributed by atoms with E-state index >= 15 is 0 Å². The number of fused-ring (bicyclic) bond motifs is 3. The van der Waals surface area contributed by atoms with Crippen LogP contribution in [0.25, 0.3) is 27.5 Å². The van der Waals surface area contributed by atoms with Gasteiger partial charge in [0.25, 0.3) is 0 Å². The lowest BCUT2D eigenvalue weighted by Crippen LogP contribution is -2.27. The van der Waals surface area contributed by atoms with Gasteiger partial charge in [-0.2, -0.15) is 5.10 Å². The van der Waals surface area contributed by atoms with Crippen molar-refractivity contribution >= 4 is 57.9 Å². The SMILES string of the molecule is Cc1c(Cl)cccc1NC(S)N/N=C/c1ccc2c(ccc3c2ncn3-c2ccc(OC(F)(F)F)cc2)c1. The van der Waals surface area contributed by atoms with Gasteiger partial charge >= 0.3 is 6.36 Å². The smallest absolute Gasteiger partial charge is 0.406 e. The van der Waals surface area contributed by atoms with E-state index < -0.39 is 11.9 Å². The second-order valence-corrected chi connectivity index (χ2v) is 9.34. The molecule has 11 heteroatoms. The van der Waals surface area contributed by atoms with Crippen LogP contribution in [0.2, 0.25) is 5.02 Å². The molecule has 0 aliphatic rings. The minimum Gasteiger partial charge on any atom is -0.406 e. The van der Waals surface area contributed by atoms with Crippen molar-refractivity contribution in [2.75, 3.05) is 5.32 Å². The maximum absolute atomic E-state index is 12.5. The van der Waals surface area contributed by atoms with Gasteiger partial charge in [-0.15, -0.1) is 25.8 Å². The molecule has 5 aromatic rings. The lowest BCUT2D eigenvalue weighted by molar-refractivity contribution is -0.274. The third kappa shape index (κ3) is 5.66. The Hall–Kier alpha value is -3.89. The zero-order chi connectivity index (χ0) is 26.9. The van der Waals surface area contributed by atoms with Crippen molar-refractivity contribution in [2.24, 2.45) is 5.10 Å². The molecule has 0 amide bonds. The highest BCUT2D eigenvalue weighted by Gasteiger charge is 2.31. The average molecular weight is 556 g/mol. The Balaban J connectivity index is 1.31. The van der Waals surface area contributed by atoms with Crippen LogP contribution in [0.3, 0.4) is 0 Å². The number of aromatic nitrogens is 2. The van der Waals surface area contributed by atoms with E-state index in [4.69, 9.17) is 11.6 Å². The summed E-state index contributed by atoms with van der Waals surface area (Å²) >= 11 is 10.6. The van der Waals surface area contributed by atoms with Crippen LogP contribution in [-0.2, 0) is 0 Å². The minimum absolute atomic E-state index is 0.278. The van der Waals surface area contributed by atoms with E-state index in [1.807, 2.05) is 60.0 Å². The van der Waals surface area contributed by atoms with Gasteiger partial charge in [-0.25, -0.2) is 4.98 Å². The highest BCUT2D eigenvalue weighted by Crippen LogP contribution is 2.29. The van der Waals surface area contributed by atoms with Crippen LogP contribution in [-0.4, -0.2) is 27.6 Å². The number of nitrogens with one attached hydrogen (secondary N) is 2. The summed E-state index contributed by atoms with van der Waals surface area (Å²) in [6.07, 6.45) is -1.39. The van der Waals surface area contributed by atoms with E-state index in [2.05, 4.69) is 38.2 Å². The molecule has 0 saturated carbocycles. The molecule has 0 aliphatic carbocycles. The largest absolute Gasteiger partial charge is 0.573 e. The van der Waals surface area contributed by atoms with Gasteiger partial charge in [0.05, 0.1) is 17.2 Å². The molecule has 1 heterocycles. The van der Waals surface area contributed by atoms with Crippen molar-refractivity contribution in [1.82, 2.24) is 15.0 Å². The van der Waals surface area contributed by atoms with E-state index in [-0.39, 0.29) is 5.75 Å². The van der Waals surface area contributed by atoms with Crippen LogP contribution in [0.15, 0.2) is 84.2 Å². The van der Waals surface area contributed by atoms with Crippen LogP contribution >= 0.6 is 24.2 Å². The Morgan fingerprint density at radius 3 is 2.63 bits per heavy atom. The Labute approximate surface area is 226 Å². The van der Waals surface area contributed by atoms with Gasteiger partial charge in [0.2, 0.25) is 0 Å². The van der Waals surface area contributed by atoms with Crippen molar-refractivity contribution in [3.05, 3.63) is 95.3 Å². The molecule has 1 atom stereocenters. The zero-order valence-electron chi connectivity index (χ0n) is 19.9. The predicted molar refractivity (Wildman–Crippen MR) is 149 cm³/mol.